The smallest absolute Gasteiger partial charge is 0.416 e. The van der Waals surface area contributed by atoms with E-state index in [9.17, 15) is 40.3 Å². The summed E-state index contributed by atoms with van der Waals surface area (Å²) in [7, 11) is 1.27. The zero-order chi connectivity index (χ0) is 29.5. The lowest BCUT2D eigenvalue weighted by atomic mass is 9.84. The van der Waals surface area contributed by atoms with Crippen LogP contribution in [0.2, 0.25) is 0 Å². The largest absolute Gasteiger partial charge is 0.444 e. The fourth-order valence-electron chi connectivity index (χ4n) is 4.50. The second kappa shape index (κ2) is 10.7. The summed E-state index contributed by atoms with van der Waals surface area (Å²) in [4.78, 5) is 28.5. The van der Waals surface area contributed by atoms with Crippen molar-refractivity contribution >= 4 is 12.0 Å². The molecule has 0 bridgehead atoms. The number of halogens is 7. The third kappa shape index (κ3) is 7.21. The van der Waals surface area contributed by atoms with Crippen LogP contribution in [0.15, 0.2) is 36.4 Å². The van der Waals surface area contributed by atoms with Gasteiger partial charge < -0.3 is 14.5 Å². The Morgan fingerprint density at radius 3 is 2.00 bits per heavy atom. The summed E-state index contributed by atoms with van der Waals surface area (Å²) in [5.74, 6) is -2.31. The van der Waals surface area contributed by atoms with Gasteiger partial charge in [-0.1, -0.05) is 12.1 Å². The van der Waals surface area contributed by atoms with E-state index in [0.717, 1.165) is 4.90 Å². The molecule has 1 heterocycles. The van der Waals surface area contributed by atoms with E-state index >= 15 is 0 Å². The summed E-state index contributed by atoms with van der Waals surface area (Å²) in [5.41, 5.74) is -4.04. The van der Waals surface area contributed by atoms with Gasteiger partial charge in [0.1, 0.15) is 11.4 Å². The number of ether oxygens (including phenoxy) is 1. The van der Waals surface area contributed by atoms with Crippen LogP contribution in [0.25, 0.3) is 0 Å². The van der Waals surface area contributed by atoms with Gasteiger partial charge in [-0.15, -0.1) is 0 Å². The lowest BCUT2D eigenvalue weighted by Gasteiger charge is -2.43. The van der Waals surface area contributed by atoms with Crippen LogP contribution < -0.4 is 0 Å². The van der Waals surface area contributed by atoms with Gasteiger partial charge in [-0.25, -0.2) is 9.18 Å². The fraction of sp³-hybridized carbons (Fsp3) is 0.481. The fourth-order valence-corrected chi connectivity index (χ4v) is 4.50. The predicted octanol–water partition coefficient (Wildman–Crippen LogP) is 7.04. The molecule has 39 heavy (non-hydrogen) atoms. The third-order valence-corrected chi connectivity index (χ3v) is 6.50. The minimum atomic E-state index is -5.12. The van der Waals surface area contributed by atoms with Crippen LogP contribution >= 0.6 is 0 Å². The standard InChI is InChI=1S/C27H29F7N2O3/c1-15-6-7-16(12-21(15)28)20-14-36(24(38)39-25(2,3)4)9-8-22(20)35(5)23(37)17-10-18(26(29,30)31)13-19(11-17)27(32,33)34/h6-7,10-13,20,22H,8-9,14H2,1-5H3/t20-,22+/m0/s1. The number of benzene rings is 2. The average Bonchev–Trinajstić information content (AvgIpc) is 2.82. The van der Waals surface area contributed by atoms with Crippen molar-refractivity contribution in [2.75, 3.05) is 20.1 Å². The van der Waals surface area contributed by atoms with Gasteiger partial charge in [0.2, 0.25) is 0 Å². The normalized spacial score (nSPS) is 18.6. The summed E-state index contributed by atoms with van der Waals surface area (Å²) in [5, 5.41) is 0. The first-order valence-electron chi connectivity index (χ1n) is 12.1. The SMILES string of the molecule is Cc1ccc([C@@H]2CN(C(=O)OC(C)(C)C)CC[C@H]2N(C)C(=O)c2cc(C(F)(F)F)cc(C(F)(F)F)c2)cc1F. The molecule has 12 heteroatoms. The van der Waals surface area contributed by atoms with Crippen LogP contribution in [0, 0.1) is 12.7 Å². The van der Waals surface area contributed by atoms with Crippen molar-refractivity contribution in [3.05, 3.63) is 70.0 Å². The molecule has 0 aromatic heterocycles. The van der Waals surface area contributed by atoms with Gasteiger partial charge in [-0.05, 0) is 69.5 Å². The maximum absolute atomic E-state index is 14.5. The molecule has 2 aromatic carbocycles. The Morgan fingerprint density at radius 1 is 0.949 bits per heavy atom. The van der Waals surface area contributed by atoms with Gasteiger partial charge in [-0.2, -0.15) is 26.3 Å². The first-order chi connectivity index (χ1) is 17.8. The van der Waals surface area contributed by atoms with Crippen molar-refractivity contribution in [3.8, 4) is 0 Å². The molecule has 1 fully saturated rings. The molecular weight excluding hydrogens is 533 g/mol. The number of likely N-dealkylation sites (tertiary alicyclic amines) is 1. The average molecular weight is 563 g/mol. The highest BCUT2D eigenvalue weighted by Gasteiger charge is 2.41. The number of amides is 2. The number of carbonyl (C=O) groups is 2. The Kier molecular flexibility index (Phi) is 8.29. The molecule has 1 aliphatic heterocycles. The Balaban J connectivity index is 2.00. The number of aryl methyl sites for hydroxylation is 1. The molecule has 0 radical (unpaired) electrons. The molecule has 1 saturated heterocycles. The molecule has 1 aliphatic rings. The Labute approximate surface area is 221 Å². The van der Waals surface area contributed by atoms with Gasteiger partial charge in [0.25, 0.3) is 5.91 Å². The van der Waals surface area contributed by atoms with E-state index in [-0.39, 0.29) is 25.6 Å². The molecule has 0 aliphatic carbocycles. The molecule has 0 unspecified atom stereocenters. The molecule has 3 rings (SSSR count). The lowest BCUT2D eigenvalue weighted by molar-refractivity contribution is -0.143. The Hall–Kier alpha value is -3.31. The van der Waals surface area contributed by atoms with Crippen molar-refractivity contribution in [3.63, 3.8) is 0 Å². The number of alkyl halides is 6. The molecule has 0 N–H and O–H groups in total. The number of piperidine rings is 1. The summed E-state index contributed by atoms with van der Waals surface area (Å²) in [6.45, 7) is 6.67. The Morgan fingerprint density at radius 2 is 1.51 bits per heavy atom. The maximum atomic E-state index is 14.5. The van der Waals surface area contributed by atoms with Gasteiger partial charge in [-0.3, -0.25) is 4.79 Å². The van der Waals surface area contributed by atoms with Gasteiger partial charge in [0.15, 0.2) is 0 Å². The number of nitrogens with zero attached hydrogens (tertiary/aromatic N) is 2. The number of likely N-dealkylation sites (N-methyl/N-ethyl adjacent to an activating group) is 1. The second-order valence-corrected chi connectivity index (χ2v) is 10.6. The number of hydrogen-bond donors (Lipinski definition) is 0. The van der Waals surface area contributed by atoms with Crippen molar-refractivity contribution in [2.45, 2.75) is 64.0 Å². The van der Waals surface area contributed by atoms with Crippen molar-refractivity contribution < 1.29 is 45.1 Å². The summed E-state index contributed by atoms with van der Waals surface area (Å²) >= 11 is 0. The molecule has 214 valence electrons. The third-order valence-electron chi connectivity index (χ3n) is 6.50. The van der Waals surface area contributed by atoms with Crippen LogP contribution in [0.3, 0.4) is 0 Å². The highest BCUT2D eigenvalue weighted by Crippen LogP contribution is 2.38. The first kappa shape index (κ1) is 30.2. The predicted molar refractivity (Wildman–Crippen MR) is 129 cm³/mol. The quantitative estimate of drug-likeness (QED) is 0.377. The summed E-state index contributed by atoms with van der Waals surface area (Å²) < 4.78 is 100. The van der Waals surface area contributed by atoms with E-state index in [1.807, 2.05) is 0 Å². The highest BCUT2D eigenvalue weighted by molar-refractivity contribution is 5.95. The van der Waals surface area contributed by atoms with Crippen molar-refractivity contribution in [1.29, 1.82) is 0 Å². The molecule has 2 amide bonds. The van der Waals surface area contributed by atoms with Crippen molar-refractivity contribution in [1.82, 2.24) is 9.80 Å². The van der Waals surface area contributed by atoms with Gasteiger partial charge in [0.05, 0.1) is 11.1 Å². The van der Waals surface area contributed by atoms with Crippen LogP contribution in [-0.2, 0) is 17.1 Å². The first-order valence-corrected chi connectivity index (χ1v) is 12.1. The van der Waals surface area contributed by atoms with Crippen LogP contribution in [0.1, 0.15) is 65.7 Å². The molecular formula is C27H29F7N2O3. The van der Waals surface area contributed by atoms with E-state index in [0.29, 0.717) is 23.3 Å². The molecule has 0 spiro atoms. The highest BCUT2D eigenvalue weighted by atomic mass is 19.4. The summed E-state index contributed by atoms with van der Waals surface area (Å²) in [6.07, 6.45) is -10.8. The molecule has 2 atom stereocenters. The molecule has 0 saturated carbocycles. The van der Waals surface area contributed by atoms with E-state index < -0.39 is 64.4 Å². The zero-order valence-electron chi connectivity index (χ0n) is 22.0. The lowest BCUT2D eigenvalue weighted by Crippen LogP contribution is -2.52. The van der Waals surface area contributed by atoms with E-state index in [2.05, 4.69) is 0 Å². The maximum Gasteiger partial charge on any atom is 0.416 e. The molecule has 2 aromatic rings. The van der Waals surface area contributed by atoms with Crippen LogP contribution in [-0.4, -0.2) is 53.6 Å². The number of hydrogen-bond acceptors (Lipinski definition) is 3. The monoisotopic (exact) mass is 562 g/mol. The summed E-state index contributed by atoms with van der Waals surface area (Å²) in [6, 6.07) is 4.30. The minimum absolute atomic E-state index is 0.0178. The zero-order valence-corrected chi connectivity index (χ0v) is 22.0. The number of rotatable bonds is 3. The van der Waals surface area contributed by atoms with Crippen LogP contribution in [0.5, 0.6) is 0 Å². The van der Waals surface area contributed by atoms with Gasteiger partial charge >= 0.3 is 18.4 Å². The van der Waals surface area contributed by atoms with E-state index in [4.69, 9.17) is 4.74 Å². The number of carbonyl (C=O) groups excluding carboxylic acids is 2. The second-order valence-electron chi connectivity index (χ2n) is 10.6. The topological polar surface area (TPSA) is 49.9 Å². The van der Waals surface area contributed by atoms with E-state index in [1.54, 1.807) is 33.8 Å². The van der Waals surface area contributed by atoms with Gasteiger partial charge in [0, 0.05) is 37.7 Å². The molecule has 5 nitrogen and oxygen atoms in total. The van der Waals surface area contributed by atoms with E-state index in [1.165, 1.54) is 24.1 Å². The minimum Gasteiger partial charge on any atom is -0.444 e. The van der Waals surface area contributed by atoms with Crippen LogP contribution in [0.4, 0.5) is 35.5 Å². The Bertz CT molecular complexity index is 1200. The van der Waals surface area contributed by atoms with Crippen molar-refractivity contribution in [2.24, 2.45) is 0 Å².